The smallest absolute Gasteiger partial charge is 0.133 e. The van der Waals surface area contributed by atoms with Crippen molar-refractivity contribution in [1.29, 1.82) is 0 Å². The lowest BCUT2D eigenvalue weighted by molar-refractivity contribution is -0.120. The van der Waals surface area contributed by atoms with Gasteiger partial charge in [-0.1, -0.05) is 27.7 Å². The van der Waals surface area contributed by atoms with Crippen LogP contribution in [0, 0.1) is 11.8 Å². The largest absolute Gasteiger partial charge is 0.300 e. The third-order valence-corrected chi connectivity index (χ3v) is 2.80. The highest BCUT2D eigenvalue weighted by atomic mass is 16.1. The molecule has 0 fully saturated rings. The van der Waals surface area contributed by atoms with Gasteiger partial charge < -0.3 is 0 Å². The Labute approximate surface area is 123 Å². The fraction of sp³-hybridized carbons (Fsp3) is 0.875. The number of hydrogen-bond acceptors (Lipinski definition) is 4. The summed E-state index contributed by atoms with van der Waals surface area (Å²) in [5, 5.41) is 8.08. The topological polar surface area (TPSA) is 58.9 Å². The fourth-order valence-electron chi connectivity index (χ4n) is 1.95. The van der Waals surface area contributed by atoms with Gasteiger partial charge in [0.2, 0.25) is 0 Å². The summed E-state index contributed by atoms with van der Waals surface area (Å²) in [6.45, 7) is 9.44. The second-order valence-electron chi connectivity index (χ2n) is 6.21. The monoisotopic (exact) mass is 282 g/mol. The number of carbonyl (C=O) groups is 2. The molecule has 0 aliphatic heterocycles. The SMILES string of the molecule is CC(C)CC(=O)CCCN=NCCCC(=O)CC(C)C. The highest BCUT2D eigenvalue weighted by Gasteiger charge is 2.05. The fourth-order valence-corrected chi connectivity index (χ4v) is 1.95. The van der Waals surface area contributed by atoms with Gasteiger partial charge in [0, 0.05) is 25.7 Å². The Morgan fingerprint density at radius 1 is 0.750 bits per heavy atom. The van der Waals surface area contributed by atoms with E-state index in [2.05, 4.69) is 37.9 Å². The summed E-state index contributed by atoms with van der Waals surface area (Å²) in [5.74, 6) is 1.50. The summed E-state index contributed by atoms with van der Waals surface area (Å²) < 4.78 is 0. The van der Waals surface area contributed by atoms with Crippen LogP contribution in [-0.4, -0.2) is 24.7 Å². The first-order valence-corrected chi connectivity index (χ1v) is 7.78. The van der Waals surface area contributed by atoms with Gasteiger partial charge in [0.05, 0.1) is 13.1 Å². The first-order chi connectivity index (χ1) is 9.41. The van der Waals surface area contributed by atoms with Crippen LogP contribution in [0.25, 0.3) is 0 Å². The van der Waals surface area contributed by atoms with E-state index in [0.29, 0.717) is 62.2 Å². The molecule has 0 saturated carbocycles. The summed E-state index contributed by atoms with van der Waals surface area (Å²) >= 11 is 0. The summed E-state index contributed by atoms with van der Waals surface area (Å²) in [5.41, 5.74) is 0. The molecule has 0 aliphatic rings. The molecule has 0 amide bonds. The van der Waals surface area contributed by atoms with E-state index in [4.69, 9.17) is 0 Å². The van der Waals surface area contributed by atoms with Gasteiger partial charge in [-0.05, 0) is 24.7 Å². The Hall–Kier alpha value is -1.06. The first-order valence-electron chi connectivity index (χ1n) is 7.78. The standard InChI is InChI=1S/C16H30N2O2/c1-13(2)11-15(19)7-5-9-17-18-10-6-8-16(20)12-14(3)4/h13-14H,5-12H2,1-4H3. The number of ketones is 2. The second-order valence-corrected chi connectivity index (χ2v) is 6.21. The lowest BCUT2D eigenvalue weighted by Crippen LogP contribution is -2.03. The van der Waals surface area contributed by atoms with Gasteiger partial charge in [0.15, 0.2) is 0 Å². The minimum atomic E-state index is 0.314. The predicted molar refractivity (Wildman–Crippen MR) is 82.0 cm³/mol. The van der Waals surface area contributed by atoms with E-state index in [1.165, 1.54) is 0 Å². The van der Waals surface area contributed by atoms with Gasteiger partial charge in [-0.2, -0.15) is 10.2 Å². The zero-order chi connectivity index (χ0) is 15.4. The van der Waals surface area contributed by atoms with Crippen molar-refractivity contribution >= 4 is 11.6 Å². The van der Waals surface area contributed by atoms with Gasteiger partial charge in [-0.15, -0.1) is 0 Å². The van der Waals surface area contributed by atoms with Gasteiger partial charge in [0.25, 0.3) is 0 Å². The number of rotatable bonds is 12. The number of nitrogens with zero attached hydrogens (tertiary/aromatic N) is 2. The lowest BCUT2D eigenvalue weighted by atomic mass is 10.0. The van der Waals surface area contributed by atoms with Crippen molar-refractivity contribution in [3.05, 3.63) is 0 Å². The van der Waals surface area contributed by atoms with Crippen LogP contribution in [-0.2, 0) is 9.59 Å². The van der Waals surface area contributed by atoms with E-state index in [1.807, 2.05) is 0 Å². The molecule has 0 aliphatic carbocycles. The Kier molecular flexibility index (Phi) is 11.1. The molecule has 0 unspecified atom stereocenters. The predicted octanol–water partition coefficient (Wildman–Crippen LogP) is 4.23. The molecule has 0 N–H and O–H groups in total. The van der Waals surface area contributed by atoms with E-state index < -0.39 is 0 Å². The molecule has 0 spiro atoms. The Balaban J connectivity index is 3.45. The van der Waals surface area contributed by atoms with Gasteiger partial charge >= 0.3 is 0 Å². The van der Waals surface area contributed by atoms with E-state index in [9.17, 15) is 9.59 Å². The number of Topliss-reactive ketones (excluding diaryl/α,β-unsaturated/α-hetero) is 2. The van der Waals surface area contributed by atoms with Crippen molar-refractivity contribution in [3.63, 3.8) is 0 Å². The maximum Gasteiger partial charge on any atom is 0.133 e. The average molecular weight is 282 g/mol. The zero-order valence-electron chi connectivity index (χ0n) is 13.5. The molecule has 0 rings (SSSR count). The molecular weight excluding hydrogens is 252 g/mol. The van der Waals surface area contributed by atoms with Crippen molar-refractivity contribution in [2.75, 3.05) is 13.1 Å². The highest BCUT2D eigenvalue weighted by Crippen LogP contribution is 2.06. The van der Waals surface area contributed by atoms with E-state index >= 15 is 0 Å². The van der Waals surface area contributed by atoms with E-state index in [0.717, 1.165) is 12.8 Å². The molecule has 20 heavy (non-hydrogen) atoms. The summed E-state index contributed by atoms with van der Waals surface area (Å²) in [6, 6.07) is 0. The minimum Gasteiger partial charge on any atom is -0.300 e. The summed E-state index contributed by atoms with van der Waals surface area (Å²) in [4.78, 5) is 22.9. The molecule has 0 aromatic heterocycles. The van der Waals surface area contributed by atoms with Crippen LogP contribution in [0.3, 0.4) is 0 Å². The first kappa shape index (κ1) is 18.9. The van der Waals surface area contributed by atoms with E-state index in [-0.39, 0.29) is 0 Å². The maximum atomic E-state index is 11.4. The molecular formula is C16H30N2O2. The molecule has 0 bridgehead atoms. The maximum absolute atomic E-state index is 11.4. The minimum absolute atomic E-state index is 0.314. The molecule has 0 saturated heterocycles. The average Bonchev–Trinajstić information content (AvgIpc) is 2.30. The normalized spacial score (nSPS) is 11.7. The molecule has 0 atom stereocenters. The quantitative estimate of drug-likeness (QED) is 0.397. The van der Waals surface area contributed by atoms with Gasteiger partial charge in [0.1, 0.15) is 11.6 Å². The number of carbonyl (C=O) groups excluding carboxylic acids is 2. The lowest BCUT2D eigenvalue weighted by Gasteiger charge is -2.02. The van der Waals surface area contributed by atoms with Crippen LogP contribution >= 0.6 is 0 Å². The van der Waals surface area contributed by atoms with E-state index in [1.54, 1.807) is 0 Å². The van der Waals surface area contributed by atoms with Crippen molar-refractivity contribution in [2.24, 2.45) is 22.1 Å². The van der Waals surface area contributed by atoms with Gasteiger partial charge in [-0.3, -0.25) is 9.59 Å². The molecule has 0 aromatic carbocycles. The number of hydrogen-bond donors (Lipinski definition) is 0. The second kappa shape index (κ2) is 11.7. The Morgan fingerprint density at radius 2 is 1.10 bits per heavy atom. The molecule has 0 heterocycles. The molecule has 4 heteroatoms. The summed E-state index contributed by atoms with van der Waals surface area (Å²) in [7, 11) is 0. The Morgan fingerprint density at radius 3 is 1.40 bits per heavy atom. The van der Waals surface area contributed by atoms with Crippen molar-refractivity contribution in [1.82, 2.24) is 0 Å². The third-order valence-electron chi connectivity index (χ3n) is 2.80. The molecule has 0 radical (unpaired) electrons. The van der Waals surface area contributed by atoms with Crippen molar-refractivity contribution in [2.45, 2.75) is 66.2 Å². The Bertz CT molecular complexity index is 280. The third kappa shape index (κ3) is 13.4. The van der Waals surface area contributed by atoms with Crippen LogP contribution in [0.1, 0.15) is 66.2 Å². The molecule has 116 valence electrons. The van der Waals surface area contributed by atoms with Crippen LogP contribution in [0.2, 0.25) is 0 Å². The van der Waals surface area contributed by atoms with Crippen LogP contribution < -0.4 is 0 Å². The van der Waals surface area contributed by atoms with Crippen molar-refractivity contribution < 1.29 is 9.59 Å². The highest BCUT2D eigenvalue weighted by molar-refractivity contribution is 5.78. The van der Waals surface area contributed by atoms with Crippen LogP contribution in [0.4, 0.5) is 0 Å². The van der Waals surface area contributed by atoms with Crippen molar-refractivity contribution in [3.8, 4) is 0 Å². The van der Waals surface area contributed by atoms with Crippen LogP contribution in [0.15, 0.2) is 10.2 Å². The van der Waals surface area contributed by atoms with Gasteiger partial charge in [-0.25, -0.2) is 0 Å². The summed E-state index contributed by atoms with van der Waals surface area (Å²) in [6.07, 6.45) is 4.08. The number of azo groups is 1. The van der Waals surface area contributed by atoms with Crippen LogP contribution in [0.5, 0.6) is 0 Å². The molecule has 0 aromatic rings. The zero-order valence-corrected chi connectivity index (χ0v) is 13.5. The molecule has 4 nitrogen and oxygen atoms in total.